The van der Waals surface area contributed by atoms with Gasteiger partial charge in [-0.25, -0.2) is 9.59 Å². The second-order valence-corrected chi connectivity index (χ2v) is 9.90. The number of nitrogens with one attached hydrogen (secondary N) is 1. The molecule has 8 nitrogen and oxygen atoms in total. The number of ether oxygens (including phenoxy) is 2. The van der Waals surface area contributed by atoms with Crippen LogP contribution in [-0.4, -0.2) is 53.9 Å². The molecule has 0 radical (unpaired) electrons. The molecule has 33 heavy (non-hydrogen) atoms. The maximum Gasteiger partial charge on any atom is 0.408 e. The molecule has 0 saturated carbocycles. The molecule has 1 heterocycles. The van der Waals surface area contributed by atoms with E-state index in [1.807, 2.05) is 44.2 Å². The Morgan fingerprint density at radius 2 is 1.67 bits per heavy atom. The lowest BCUT2D eigenvalue weighted by atomic mass is 9.91. The maximum absolute atomic E-state index is 13.1. The number of ketones is 1. The lowest BCUT2D eigenvalue weighted by Crippen LogP contribution is -2.52. The number of carbonyl (C=O) groups excluding carboxylic acids is 4. The van der Waals surface area contributed by atoms with E-state index in [-0.39, 0.29) is 18.4 Å². The van der Waals surface area contributed by atoms with E-state index in [2.05, 4.69) is 5.32 Å². The third kappa shape index (κ3) is 8.51. The minimum Gasteiger partial charge on any atom is -0.456 e. The molecule has 182 valence electrons. The number of Topliss-reactive ketones (excluding diaryl/α,β-unsaturated/α-hetero) is 1. The Morgan fingerprint density at radius 3 is 2.21 bits per heavy atom. The van der Waals surface area contributed by atoms with Crippen LogP contribution in [0.4, 0.5) is 4.79 Å². The van der Waals surface area contributed by atoms with Crippen molar-refractivity contribution in [3.63, 3.8) is 0 Å². The number of likely N-dealkylation sites (tertiary alicyclic amines) is 1. The molecule has 2 amide bonds. The van der Waals surface area contributed by atoms with Crippen molar-refractivity contribution < 1.29 is 28.7 Å². The molecule has 0 bridgehead atoms. The predicted octanol–water partition coefficient (Wildman–Crippen LogP) is 3.48. The Labute approximate surface area is 196 Å². The molecule has 1 fully saturated rings. The van der Waals surface area contributed by atoms with Gasteiger partial charge in [0, 0.05) is 31.3 Å². The molecule has 1 N–H and O–H groups in total. The van der Waals surface area contributed by atoms with Crippen molar-refractivity contribution in [3.8, 4) is 0 Å². The average Bonchev–Trinajstić information content (AvgIpc) is 2.76. The van der Waals surface area contributed by atoms with Crippen molar-refractivity contribution in [1.29, 1.82) is 0 Å². The van der Waals surface area contributed by atoms with E-state index >= 15 is 0 Å². The minimum absolute atomic E-state index is 0.124. The molecular formula is C25H36N2O6. The largest absolute Gasteiger partial charge is 0.456 e. The van der Waals surface area contributed by atoms with Crippen molar-refractivity contribution in [2.75, 3.05) is 13.1 Å². The number of hydrogen-bond donors (Lipinski definition) is 1. The summed E-state index contributed by atoms with van der Waals surface area (Å²) < 4.78 is 10.6. The number of nitrogens with zero attached hydrogens (tertiary/aromatic N) is 1. The number of alkyl carbamates (subject to hydrolysis) is 1. The van der Waals surface area contributed by atoms with E-state index in [0.717, 1.165) is 5.56 Å². The first kappa shape index (κ1) is 26.4. The maximum atomic E-state index is 13.1. The van der Waals surface area contributed by atoms with Gasteiger partial charge in [-0.1, -0.05) is 65.0 Å². The summed E-state index contributed by atoms with van der Waals surface area (Å²) in [4.78, 5) is 51.2. The molecule has 1 aliphatic rings. The second kappa shape index (κ2) is 11.8. The fourth-order valence-corrected chi connectivity index (χ4v) is 3.53. The molecule has 0 aromatic heterocycles. The van der Waals surface area contributed by atoms with Crippen LogP contribution in [0.1, 0.15) is 59.4 Å². The van der Waals surface area contributed by atoms with Gasteiger partial charge in [-0.05, 0) is 17.9 Å². The molecular weight excluding hydrogens is 424 g/mol. The first-order chi connectivity index (χ1) is 15.5. The van der Waals surface area contributed by atoms with Crippen molar-refractivity contribution >= 4 is 23.8 Å². The summed E-state index contributed by atoms with van der Waals surface area (Å²) in [6.45, 7) is 9.87. The van der Waals surface area contributed by atoms with Gasteiger partial charge in [0.05, 0.1) is 0 Å². The van der Waals surface area contributed by atoms with Crippen LogP contribution in [0.15, 0.2) is 30.3 Å². The summed E-state index contributed by atoms with van der Waals surface area (Å²) in [6.07, 6.45) is 0.333. The summed E-state index contributed by atoms with van der Waals surface area (Å²) in [5.74, 6) is -1.38. The van der Waals surface area contributed by atoms with Gasteiger partial charge in [0.2, 0.25) is 11.7 Å². The molecule has 1 aromatic carbocycles. The molecule has 0 unspecified atom stereocenters. The van der Waals surface area contributed by atoms with Crippen molar-refractivity contribution in [1.82, 2.24) is 10.2 Å². The van der Waals surface area contributed by atoms with Crippen LogP contribution in [0.25, 0.3) is 0 Å². The second-order valence-electron chi connectivity index (χ2n) is 9.90. The monoisotopic (exact) mass is 460 g/mol. The lowest BCUT2D eigenvalue weighted by Gasteiger charge is -2.34. The van der Waals surface area contributed by atoms with E-state index < -0.39 is 35.4 Å². The highest BCUT2D eigenvalue weighted by atomic mass is 16.6. The summed E-state index contributed by atoms with van der Waals surface area (Å²) in [7, 11) is 0. The Hall–Kier alpha value is -2.90. The van der Waals surface area contributed by atoms with E-state index in [1.54, 1.807) is 25.7 Å². The molecule has 2 rings (SSSR count). The third-order valence-corrected chi connectivity index (χ3v) is 5.40. The van der Waals surface area contributed by atoms with E-state index in [9.17, 15) is 19.2 Å². The highest BCUT2D eigenvalue weighted by molar-refractivity contribution is 6.35. The summed E-state index contributed by atoms with van der Waals surface area (Å²) >= 11 is 0. The number of piperidine rings is 1. The van der Waals surface area contributed by atoms with Gasteiger partial charge in [0.25, 0.3) is 0 Å². The van der Waals surface area contributed by atoms with Gasteiger partial charge in [-0.2, -0.15) is 0 Å². The minimum atomic E-state index is -0.826. The van der Waals surface area contributed by atoms with Crippen LogP contribution in [0.3, 0.4) is 0 Å². The predicted molar refractivity (Wildman–Crippen MR) is 123 cm³/mol. The van der Waals surface area contributed by atoms with Crippen LogP contribution < -0.4 is 5.32 Å². The van der Waals surface area contributed by atoms with E-state index in [0.29, 0.717) is 32.4 Å². The first-order valence-corrected chi connectivity index (χ1v) is 11.5. The van der Waals surface area contributed by atoms with Gasteiger partial charge >= 0.3 is 12.1 Å². The lowest BCUT2D eigenvalue weighted by molar-refractivity contribution is -0.163. The number of hydrogen-bond acceptors (Lipinski definition) is 6. The summed E-state index contributed by atoms with van der Waals surface area (Å²) in [5.41, 5.74) is 0.0689. The van der Waals surface area contributed by atoms with Crippen molar-refractivity contribution in [2.24, 2.45) is 11.3 Å². The molecule has 8 heteroatoms. The fourth-order valence-electron chi connectivity index (χ4n) is 3.53. The van der Waals surface area contributed by atoms with E-state index in [1.165, 1.54) is 0 Å². The number of carbonyl (C=O) groups is 4. The highest BCUT2D eigenvalue weighted by Gasteiger charge is 2.34. The zero-order chi connectivity index (χ0) is 24.6. The first-order valence-electron chi connectivity index (χ1n) is 11.5. The third-order valence-electron chi connectivity index (χ3n) is 5.40. The quantitative estimate of drug-likeness (QED) is 0.471. The normalized spacial score (nSPS) is 15.6. The number of rotatable bonds is 8. The van der Waals surface area contributed by atoms with Crippen LogP contribution in [-0.2, 0) is 30.5 Å². The molecule has 0 spiro atoms. The number of benzene rings is 1. The highest BCUT2D eigenvalue weighted by Crippen LogP contribution is 2.20. The SMILES string of the molecule is CC(C)C[C@H](NC(=O)OCc1ccccc1)C(=O)N1CCC(OC(=O)C(=O)C(C)(C)C)CC1. The smallest absolute Gasteiger partial charge is 0.408 e. The van der Waals surface area contributed by atoms with E-state index in [4.69, 9.17) is 9.47 Å². The Kier molecular flexibility index (Phi) is 9.44. The standard InChI is InChI=1S/C25H36N2O6/c1-17(2)15-20(26-24(31)32-16-18-9-7-6-8-10-18)22(29)27-13-11-19(12-14-27)33-23(30)21(28)25(3,4)5/h6-10,17,19-20H,11-16H2,1-5H3,(H,26,31)/t20-/m0/s1. The summed E-state index contributed by atoms with van der Waals surface area (Å²) in [6, 6.07) is 8.62. The molecule has 1 aliphatic heterocycles. The average molecular weight is 461 g/mol. The van der Waals surface area contributed by atoms with Crippen molar-refractivity contribution in [3.05, 3.63) is 35.9 Å². The Morgan fingerprint density at radius 1 is 1.06 bits per heavy atom. The van der Waals surface area contributed by atoms with Gasteiger partial charge in [0.15, 0.2) is 0 Å². The molecule has 1 aromatic rings. The van der Waals surface area contributed by atoms with Gasteiger partial charge in [0.1, 0.15) is 18.8 Å². The Balaban J connectivity index is 1.88. The topological polar surface area (TPSA) is 102 Å². The van der Waals surface area contributed by atoms with Crippen LogP contribution in [0.2, 0.25) is 0 Å². The van der Waals surface area contributed by atoms with Crippen LogP contribution in [0, 0.1) is 11.3 Å². The van der Waals surface area contributed by atoms with Crippen LogP contribution >= 0.6 is 0 Å². The van der Waals surface area contributed by atoms with Gasteiger partial charge in [-0.3, -0.25) is 9.59 Å². The molecule has 1 saturated heterocycles. The zero-order valence-corrected chi connectivity index (χ0v) is 20.3. The fraction of sp³-hybridized carbons (Fsp3) is 0.600. The Bertz CT molecular complexity index is 823. The number of amides is 2. The summed E-state index contributed by atoms with van der Waals surface area (Å²) in [5, 5.41) is 2.71. The van der Waals surface area contributed by atoms with Gasteiger partial charge in [-0.15, -0.1) is 0 Å². The van der Waals surface area contributed by atoms with Crippen molar-refractivity contribution in [2.45, 2.75) is 72.6 Å². The molecule has 1 atom stereocenters. The van der Waals surface area contributed by atoms with Crippen LogP contribution in [0.5, 0.6) is 0 Å². The number of esters is 1. The zero-order valence-electron chi connectivity index (χ0n) is 20.3. The molecule has 0 aliphatic carbocycles. The van der Waals surface area contributed by atoms with Gasteiger partial charge < -0.3 is 19.7 Å².